The summed E-state index contributed by atoms with van der Waals surface area (Å²) in [6, 6.07) is 6.66. The molecule has 2 saturated heterocycles. The van der Waals surface area contributed by atoms with Crippen LogP contribution in [-0.4, -0.2) is 76.0 Å². The average molecular weight is 597 g/mol. The Labute approximate surface area is 242 Å². The first-order valence-corrected chi connectivity index (χ1v) is 15.6. The Bertz CT molecular complexity index is 1780. The molecular formula is C28H33FN8O4S. The Balaban J connectivity index is 1.32. The Morgan fingerprint density at radius 3 is 2.74 bits per heavy atom. The van der Waals surface area contributed by atoms with E-state index in [9.17, 15) is 13.2 Å². The number of nitrogens with one attached hydrogen (secondary N) is 2. The highest BCUT2D eigenvalue weighted by Gasteiger charge is 2.32. The molecule has 2 N–H and O–H groups in total. The van der Waals surface area contributed by atoms with Crippen molar-refractivity contribution in [3.63, 3.8) is 0 Å². The number of aryl methyl sites for hydroxylation is 1. The van der Waals surface area contributed by atoms with Gasteiger partial charge in [-0.05, 0) is 51.0 Å². The van der Waals surface area contributed by atoms with Gasteiger partial charge in [0.1, 0.15) is 11.5 Å². The monoisotopic (exact) mass is 596 g/mol. The zero-order valence-corrected chi connectivity index (χ0v) is 24.3. The molecule has 3 aromatic heterocycles. The van der Waals surface area contributed by atoms with Crippen LogP contribution in [0.25, 0.3) is 22.4 Å². The summed E-state index contributed by atoms with van der Waals surface area (Å²) in [5, 5.41) is 6.26. The van der Waals surface area contributed by atoms with Crippen LogP contribution in [0.2, 0.25) is 0 Å². The van der Waals surface area contributed by atoms with Crippen molar-refractivity contribution < 1.29 is 17.5 Å². The van der Waals surface area contributed by atoms with E-state index >= 15 is 4.39 Å². The van der Waals surface area contributed by atoms with Crippen LogP contribution in [0.15, 0.2) is 47.7 Å². The van der Waals surface area contributed by atoms with Crippen molar-refractivity contribution in [3.8, 4) is 11.4 Å². The Kier molecular flexibility index (Phi) is 7.68. The van der Waals surface area contributed by atoms with E-state index in [1.165, 1.54) is 23.0 Å². The fourth-order valence-electron chi connectivity index (χ4n) is 5.64. The molecule has 222 valence electrons. The first kappa shape index (κ1) is 28.2. The number of hydrogen-bond donors (Lipinski definition) is 2. The van der Waals surface area contributed by atoms with Gasteiger partial charge >= 0.3 is 0 Å². The van der Waals surface area contributed by atoms with Gasteiger partial charge in [-0.3, -0.25) is 9.36 Å². The SMILES string of the molecule is CCn1c(=O)c(-c2nccn2S(=O)(=O)C2CCOCC2)cc2cnc(Nc3ccc(N4CCNCC4C)c(F)c3)nc21. The summed E-state index contributed by atoms with van der Waals surface area (Å²) < 4.78 is 49.9. The van der Waals surface area contributed by atoms with Crippen LogP contribution in [0.4, 0.5) is 21.7 Å². The second-order valence-corrected chi connectivity index (χ2v) is 12.6. The van der Waals surface area contributed by atoms with Crippen molar-refractivity contribution in [1.29, 1.82) is 0 Å². The van der Waals surface area contributed by atoms with Crippen LogP contribution < -0.4 is 21.1 Å². The smallest absolute Gasteiger partial charge is 0.263 e. The molecule has 12 nitrogen and oxygen atoms in total. The average Bonchev–Trinajstić information content (AvgIpc) is 3.49. The molecule has 0 bridgehead atoms. The van der Waals surface area contributed by atoms with Gasteiger partial charge in [-0.2, -0.15) is 4.98 Å². The first-order valence-electron chi connectivity index (χ1n) is 14.1. The molecule has 2 fully saturated rings. The second-order valence-electron chi connectivity index (χ2n) is 10.5. The van der Waals surface area contributed by atoms with Crippen molar-refractivity contribution >= 4 is 38.4 Å². The maximum atomic E-state index is 15.1. The quantitative estimate of drug-likeness (QED) is 0.328. The molecule has 4 aromatic rings. The van der Waals surface area contributed by atoms with Gasteiger partial charge in [0, 0.05) is 75.1 Å². The number of aromatic nitrogens is 5. The number of piperazine rings is 1. The van der Waals surface area contributed by atoms with E-state index < -0.39 is 20.8 Å². The lowest BCUT2D eigenvalue weighted by molar-refractivity contribution is 0.0982. The molecule has 0 saturated carbocycles. The number of fused-ring (bicyclic) bond motifs is 1. The number of benzene rings is 1. The highest BCUT2D eigenvalue weighted by Crippen LogP contribution is 2.28. The number of halogens is 1. The number of rotatable bonds is 7. The molecule has 6 rings (SSSR count). The molecule has 0 spiro atoms. The number of anilines is 3. The Hall–Kier alpha value is -3.88. The third-order valence-corrected chi connectivity index (χ3v) is 10.0. The number of imidazole rings is 1. The van der Waals surface area contributed by atoms with E-state index in [4.69, 9.17) is 4.74 Å². The molecular weight excluding hydrogens is 563 g/mol. The standard InChI is InChI=1S/C28H33FN8O4S/c1-3-35-25-19(14-22(27(35)38)26-31-9-11-37(26)42(39,40)21-6-12-41-13-7-21)17-32-28(34-25)33-20-4-5-24(23(29)15-20)36-10-8-30-16-18(36)2/h4-5,9,11,14-15,17-18,21,30H,3,6-8,10,12-13,16H2,1-2H3,(H,32,33,34). The maximum absolute atomic E-state index is 15.1. The molecule has 2 aliphatic rings. The van der Waals surface area contributed by atoms with Crippen molar-refractivity contribution in [2.45, 2.75) is 44.5 Å². The topological polar surface area (TPSA) is 136 Å². The van der Waals surface area contributed by atoms with Gasteiger partial charge in [-0.25, -0.2) is 26.7 Å². The van der Waals surface area contributed by atoms with Crippen LogP contribution in [0.1, 0.15) is 26.7 Å². The molecule has 1 unspecified atom stereocenters. The van der Waals surface area contributed by atoms with Crippen molar-refractivity contribution in [2.24, 2.45) is 0 Å². The number of ether oxygens (including phenoxy) is 1. The molecule has 1 atom stereocenters. The molecule has 42 heavy (non-hydrogen) atoms. The predicted molar refractivity (Wildman–Crippen MR) is 158 cm³/mol. The van der Waals surface area contributed by atoms with Crippen LogP contribution in [0.5, 0.6) is 0 Å². The van der Waals surface area contributed by atoms with E-state index in [2.05, 4.69) is 32.5 Å². The minimum atomic E-state index is -3.80. The third-order valence-electron chi connectivity index (χ3n) is 7.87. The zero-order chi connectivity index (χ0) is 29.4. The van der Waals surface area contributed by atoms with Crippen LogP contribution in [0.3, 0.4) is 0 Å². The van der Waals surface area contributed by atoms with Gasteiger partial charge in [-0.1, -0.05) is 0 Å². The fourth-order valence-corrected chi connectivity index (χ4v) is 7.36. The summed E-state index contributed by atoms with van der Waals surface area (Å²) in [6.45, 7) is 7.17. The summed E-state index contributed by atoms with van der Waals surface area (Å²) in [5.41, 5.74) is 1.08. The lowest BCUT2D eigenvalue weighted by Crippen LogP contribution is -2.50. The zero-order valence-electron chi connectivity index (χ0n) is 23.5. The van der Waals surface area contributed by atoms with E-state index in [1.807, 2.05) is 4.90 Å². The van der Waals surface area contributed by atoms with E-state index in [-0.39, 0.29) is 35.7 Å². The van der Waals surface area contributed by atoms with Gasteiger partial charge in [0.2, 0.25) is 16.0 Å². The van der Waals surface area contributed by atoms with Gasteiger partial charge in [-0.15, -0.1) is 0 Å². The Morgan fingerprint density at radius 1 is 1.19 bits per heavy atom. The number of nitrogens with zero attached hydrogens (tertiary/aromatic N) is 6. The van der Waals surface area contributed by atoms with E-state index in [1.54, 1.807) is 31.3 Å². The van der Waals surface area contributed by atoms with Crippen molar-refractivity contribution in [2.75, 3.05) is 43.1 Å². The highest BCUT2D eigenvalue weighted by molar-refractivity contribution is 7.90. The summed E-state index contributed by atoms with van der Waals surface area (Å²) in [4.78, 5) is 28.9. The minimum Gasteiger partial charge on any atom is -0.381 e. The van der Waals surface area contributed by atoms with Crippen LogP contribution in [-0.2, 0) is 21.3 Å². The Morgan fingerprint density at radius 2 is 2.00 bits per heavy atom. The molecule has 5 heterocycles. The number of hydrogen-bond acceptors (Lipinski definition) is 10. The highest BCUT2D eigenvalue weighted by atomic mass is 32.2. The normalized spacial score (nSPS) is 18.5. The minimum absolute atomic E-state index is 0.0483. The lowest BCUT2D eigenvalue weighted by atomic mass is 10.1. The van der Waals surface area contributed by atoms with Crippen molar-refractivity contribution in [3.05, 3.63) is 59.0 Å². The summed E-state index contributed by atoms with van der Waals surface area (Å²) >= 11 is 0. The van der Waals surface area contributed by atoms with Gasteiger partial charge in [0.25, 0.3) is 5.56 Å². The van der Waals surface area contributed by atoms with Crippen molar-refractivity contribution in [1.82, 2.24) is 28.8 Å². The summed E-state index contributed by atoms with van der Waals surface area (Å²) in [7, 11) is -3.80. The molecule has 0 aliphatic carbocycles. The van der Waals surface area contributed by atoms with Crippen LogP contribution in [0, 0.1) is 5.82 Å². The largest absolute Gasteiger partial charge is 0.381 e. The molecule has 0 amide bonds. The number of pyridine rings is 1. The molecule has 0 radical (unpaired) electrons. The predicted octanol–water partition coefficient (Wildman–Crippen LogP) is 2.71. The third kappa shape index (κ3) is 5.14. The lowest BCUT2D eigenvalue weighted by Gasteiger charge is -2.36. The first-order chi connectivity index (χ1) is 20.3. The summed E-state index contributed by atoms with van der Waals surface area (Å²) in [5.74, 6) is -0.105. The summed E-state index contributed by atoms with van der Waals surface area (Å²) in [6.07, 6.45) is 5.05. The van der Waals surface area contributed by atoms with E-state index in [0.29, 0.717) is 48.5 Å². The molecule has 14 heteroatoms. The van der Waals surface area contributed by atoms with Gasteiger partial charge < -0.3 is 20.3 Å². The van der Waals surface area contributed by atoms with Gasteiger partial charge in [0.15, 0.2) is 5.82 Å². The molecule has 2 aliphatic heterocycles. The molecule has 1 aromatic carbocycles. The fraction of sp³-hybridized carbons (Fsp3) is 0.429. The van der Waals surface area contributed by atoms with Crippen LogP contribution >= 0.6 is 0 Å². The maximum Gasteiger partial charge on any atom is 0.263 e. The van der Waals surface area contributed by atoms with E-state index in [0.717, 1.165) is 23.6 Å². The van der Waals surface area contributed by atoms with Gasteiger partial charge in [0.05, 0.1) is 16.5 Å². The second kappa shape index (κ2) is 11.4.